The molecule has 0 aliphatic heterocycles. The molecule has 1 amide bonds. The van der Waals surface area contributed by atoms with E-state index in [1.165, 1.54) is 0 Å². The number of nitrogens with two attached hydrogens (primary N) is 2. The molecule has 6 nitrogen and oxygen atoms in total. The maximum Gasteiger partial charge on any atom is 0.259 e. The molecular formula is C6H13N3O3. The molecule has 0 radical (unpaired) electrons. The second kappa shape index (κ2) is 6.71. The maximum atomic E-state index is 10.6. The van der Waals surface area contributed by atoms with Crippen LogP contribution < -0.4 is 17.0 Å². The number of carbonyl (C=O) groups is 2. The Kier molecular flexibility index (Phi) is 6.16. The van der Waals surface area contributed by atoms with Crippen LogP contribution in [-0.4, -0.2) is 31.4 Å². The molecule has 0 unspecified atom stereocenters. The van der Waals surface area contributed by atoms with E-state index in [-0.39, 0.29) is 32.0 Å². The maximum absolute atomic E-state index is 10.6. The van der Waals surface area contributed by atoms with E-state index in [0.29, 0.717) is 0 Å². The van der Waals surface area contributed by atoms with Crippen molar-refractivity contribution in [2.75, 3.05) is 19.8 Å². The van der Waals surface area contributed by atoms with Gasteiger partial charge in [-0.1, -0.05) is 0 Å². The molecule has 12 heavy (non-hydrogen) atoms. The molecule has 0 heterocycles. The minimum atomic E-state index is -0.421. The lowest BCUT2D eigenvalue weighted by atomic mass is 10.3. The van der Waals surface area contributed by atoms with Gasteiger partial charge in [-0.2, -0.15) is 0 Å². The Labute approximate surface area is 70.2 Å². The average molecular weight is 175 g/mol. The molecule has 0 spiro atoms. The first-order valence-electron chi connectivity index (χ1n) is 3.49. The molecule has 0 rings (SSSR count). The third-order valence-electron chi connectivity index (χ3n) is 1.15. The van der Waals surface area contributed by atoms with E-state index < -0.39 is 5.91 Å². The van der Waals surface area contributed by atoms with Gasteiger partial charge >= 0.3 is 0 Å². The summed E-state index contributed by atoms with van der Waals surface area (Å²) >= 11 is 0. The Morgan fingerprint density at radius 2 is 2.08 bits per heavy atom. The van der Waals surface area contributed by atoms with Crippen LogP contribution in [0.15, 0.2) is 0 Å². The first-order valence-corrected chi connectivity index (χ1v) is 3.49. The molecule has 0 fully saturated rings. The smallest absolute Gasteiger partial charge is 0.259 e. The number of hydrogen-bond donors (Lipinski definition) is 3. The summed E-state index contributed by atoms with van der Waals surface area (Å²) in [5.74, 6) is 4.26. The van der Waals surface area contributed by atoms with Crippen LogP contribution >= 0.6 is 0 Å². The van der Waals surface area contributed by atoms with E-state index in [0.717, 1.165) is 0 Å². The van der Waals surface area contributed by atoms with Gasteiger partial charge in [0.2, 0.25) is 0 Å². The fourth-order valence-corrected chi connectivity index (χ4v) is 0.495. The molecule has 0 aromatic rings. The second-order valence-electron chi connectivity index (χ2n) is 2.11. The lowest BCUT2D eigenvalue weighted by Gasteiger charge is -2.01. The molecule has 0 bridgehead atoms. The minimum absolute atomic E-state index is 0.00639. The Morgan fingerprint density at radius 1 is 1.42 bits per heavy atom. The number of hydrogen-bond acceptors (Lipinski definition) is 5. The quantitative estimate of drug-likeness (QED) is 0.186. The molecule has 0 aromatic carbocycles. The molecule has 0 aliphatic rings. The predicted molar refractivity (Wildman–Crippen MR) is 41.8 cm³/mol. The van der Waals surface area contributed by atoms with E-state index in [1.807, 2.05) is 5.43 Å². The highest BCUT2D eigenvalue weighted by atomic mass is 16.5. The number of rotatable bonds is 6. The molecule has 6 heteroatoms. The second-order valence-corrected chi connectivity index (χ2v) is 2.11. The van der Waals surface area contributed by atoms with Crippen LogP contribution in [-0.2, 0) is 14.3 Å². The van der Waals surface area contributed by atoms with Crippen molar-refractivity contribution in [1.82, 2.24) is 5.43 Å². The van der Waals surface area contributed by atoms with Crippen LogP contribution in [0, 0.1) is 0 Å². The highest BCUT2D eigenvalue weighted by Gasteiger charge is 2.00. The SMILES string of the molecule is NCC(=O)CCOCC(=O)NN. The van der Waals surface area contributed by atoms with Gasteiger partial charge in [0.1, 0.15) is 12.4 Å². The molecule has 0 aliphatic carbocycles. The summed E-state index contributed by atoms with van der Waals surface area (Å²) in [6.45, 7) is 0.0737. The summed E-state index contributed by atoms with van der Waals surface area (Å²) in [5, 5.41) is 0. The molecule has 0 saturated heterocycles. The van der Waals surface area contributed by atoms with Crippen LogP contribution in [0.25, 0.3) is 0 Å². The fourth-order valence-electron chi connectivity index (χ4n) is 0.495. The first-order chi connectivity index (χ1) is 5.70. The first kappa shape index (κ1) is 11.0. The topological polar surface area (TPSA) is 107 Å². The number of hydrazine groups is 1. The van der Waals surface area contributed by atoms with Gasteiger partial charge in [0.15, 0.2) is 0 Å². The van der Waals surface area contributed by atoms with Gasteiger partial charge in [0.05, 0.1) is 13.2 Å². The van der Waals surface area contributed by atoms with Gasteiger partial charge in [0.25, 0.3) is 5.91 Å². The van der Waals surface area contributed by atoms with E-state index in [4.69, 9.17) is 16.3 Å². The number of ether oxygens (including phenoxy) is 1. The zero-order valence-corrected chi connectivity index (χ0v) is 6.71. The van der Waals surface area contributed by atoms with Crippen molar-refractivity contribution in [2.24, 2.45) is 11.6 Å². The predicted octanol–water partition coefficient (Wildman–Crippen LogP) is -2.09. The summed E-state index contributed by atoms with van der Waals surface area (Å²) in [5.41, 5.74) is 6.93. The molecule has 0 saturated carbocycles. The van der Waals surface area contributed by atoms with Gasteiger partial charge in [0, 0.05) is 6.42 Å². The standard InChI is InChI=1S/C6H13N3O3/c7-3-5(10)1-2-12-4-6(11)9-8/h1-4,7-8H2,(H,9,11). The largest absolute Gasteiger partial charge is 0.371 e. The third kappa shape index (κ3) is 5.78. The normalized spacial score (nSPS) is 9.50. The Balaban J connectivity index is 3.21. The van der Waals surface area contributed by atoms with Crippen LogP contribution in [0.4, 0.5) is 0 Å². The lowest BCUT2D eigenvalue weighted by molar-refractivity contribution is -0.127. The van der Waals surface area contributed by atoms with Crippen molar-refractivity contribution in [3.05, 3.63) is 0 Å². The van der Waals surface area contributed by atoms with E-state index in [2.05, 4.69) is 0 Å². The summed E-state index contributed by atoms with van der Waals surface area (Å²) in [6.07, 6.45) is 0.231. The third-order valence-corrected chi connectivity index (χ3v) is 1.15. The summed E-state index contributed by atoms with van der Waals surface area (Å²) in [6, 6.07) is 0. The minimum Gasteiger partial charge on any atom is -0.371 e. The van der Waals surface area contributed by atoms with Crippen LogP contribution in [0.1, 0.15) is 6.42 Å². The zero-order valence-electron chi connectivity index (χ0n) is 6.71. The number of Topliss-reactive ketones (excluding diaryl/α,β-unsaturated/α-hetero) is 1. The monoisotopic (exact) mass is 175 g/mol. The highest BCUT2D eigenvalue weighted by Crippen LogP contribution is 1.83. The Morgan fingerprint density at radius 3 is 2.58 bits per heavy atom. The summed E-state index contributed by atoms with van der Waals surface area (Å²) < 4.78 is 4.79. The molecule has 5 N–H and O–H groups in total. The number of carbonyl (C=O) groups excluding carboxylic acids is 2. The van der Waals surface area contributed by atoms with Crippen molar-refractivity contribution in [2.45, 2.75) is 6.42 Å². The zero-order chi connectivity index (χ0) is 9.40. The molecular weight excluding hydrogens is 162 g/mol. The van der Waals surface area contributed by atoms with Crippen LogP contribution in [0.2, 0.25) is 0 Å². The van der Waals surface area contributed by atoms with Crippen molar-refractivity contribution in [3.63, 3.8) is 0 Å². The van der Waals surface area contributed by atoms with Gasteiger partial charge in [-0.25, -0.2) is 5.84 Å². The van der Waals surface area contributed by atoms with Crippen molar-refractivity contribution < 1.29 is 14.3 Å². The van der Waals surface area contributed by atoms with Crippen molar-refractivity contribution >= 4 is 11.7 Å². The van der Waals surface area contributed by atoms with Crippen molar-refractivity contribution in [3.8, 4) is 0 Å². The number of nitrogens with one attached hydrogen (secondary N) is 1. The van der Waals surface area contributed by atoms with Crippen molar-refractivity contribution in [1.29, 1.82) is 0 Å². The molecule has 0 aromatic heterocycles. The molecule has 70 valence electrons. The lowest BCUT2D eigenvalue weighted by Crippen LogP contribution is -2.33. The number of amides is 1. The summed E-state index contributed by atoms with van der Waals surface area (Å²) in [4.78, 5) is 21.1. The van der Waals surface area contributed by atoms with Gasteiger partial charge in [-0.3, -0.25) is 15.0 Å². The average Bonchev–Trinajstić information content (AvgIpc) is 2.11. The van der Waals surface area contributed by atoms with E-state index >= 15 is 0 Å². The molecule has 0 atom stereocenters. The van der Waals surface area contributed by atoms with Crippen LogP contribution in [0.3, 0.4) is 0 Å². The van der Waals surface area contributed by atoms with Gasteiger partial charge in [-0.05, 0) is 0 Å². The highest BCUT2D eigenvalue weighted by molar-refractivity contribution is 5.80. The Bertz CT molecular complexity index is 142. The Hall–Kier alpha value is -0.980. The van der Waals surface area contributed by atoms with E-state index in [9.17, 15) is 9.59 Å². The summed E-state index contributed by atoms with van der Waals surface area (Å²) in [7, 11) is 0. The van der Waals surface area contributed by atoms with Gasteiger partial charge in [-0.15, -0.1) is 0 Å². The number of ketones is 1. The van der Waals surface area contributed by atoms with Crippen LogP contribution in [0.5, 0.6) is 0 Å². The fraction of sp³-hybridized carbons (Fsp3) is 0.667. The van der Waals surface area contributed by atoms with Gasteiger partial charge < -0.3 is 10.5 Å². The van der Waals surface area contributed by atoms with E-state index in [1.54, 1.807) is 0 Å².